The van der Waals surface area contributed by atoms with E-state index in [4.69, 9.17) is 4.74 Å². The third-order valence-corrected chi connectivity index (χ3v) is 4.23. The topological polar surface area (TPSA) is 12.5 Å². The SMILES string of the molecule is COc1ccc([C@H]2CCCN2Cc2ccc(F)c(F)c2)cc1. The summed E-state index contributed by atoms with van der Waals surface area (Å²) >= 11 is 0. The second-order valence-corrected chi connectivity index (χ2v) is 5.65. The quantitative estimate of drug-likeness (QED) is 0.834. The zero-order valence-corrected chi connectivity index (χ0v) is 12.6. The molecule has 22 heavy (non-hydrogen) atoms. The summed E-state index contributed by atoms with van der Waals surface area (Å²) in [5, 5.41) is 0. The minimum Gasteiger partial charge on any atom is -0.497 e. The lowest BCUT2D eigenvalue weighted by molar-refractivity contribution is 0.248. The Balaban J connectivity index is 1.75. The van der Waals surface area contributed by atoms with E-state index >= 15 is 0 Å². The molecule has 4 heteroatoms. The molecule has 0 aliphatic carbocycles. The second-order valence-electron chi connectivity index (χ2n) is 5.65. The van der Waals surface area contributed by atoms with Gasteiger partial charge in [0.1, 0.15) is 5.75 Å². The number of hydrogen-bond acceptors (Lipinski definition) is 2. The van der Waals surface area contributed by atoms with Crippen LogP contribution in [0.1, 0.15) is 30.0 Å². The lowest BCUT2D eigenvalue weighted by Crippen LogP contribution is -2.22. The van der Waals surface area contributed by atoms with Crippen LogP contribution in [0.15, 0.2) is 42.5 Å². The first-order valence-corrected chi connectivity index (χ1v) is 7.49. The summed E-state index contributed by atoms with van der Waals surface area (Å²) in [5.41, 5.74) is 2.04. The van der Waals surface area contributed by atoms with Crippen LogP contribution in [0.4, 0.5) is 8.78 Å². The van der Waals surface area contributed by atoms with Gasteiger partial charge >= 0.3 is 0 Å². The normalized spacial score (nSPS) is 18.6. The molecule has 2 aromatic carbocycles. The summed E-state index contributed by atoms with van der Waals surface area (Å²) in [6, 6.07) is 12.5. The van der Waals surface area contributed by atoms with Crippen molar-refractivity contribution in [3.63, 3.8) is 0 Å². The standard InChI is InChI=1S/C18H19F2NO/c1-22-15-7-5-14(6-8-15)18-3-2-10-21(18)12-13-4-9-16(19)17(20)11-13/h4-9,11,18H,2-3,10,12H2,1H3/t18-/m1/s1. The summed E-state index contributed by atoms with van der Waals surface area (Å²) in [4.78, 5) is 2.31. The maximum atomic E-state index is 13.3. The molecule has 0 saturated carbocycles. The fourth-order valence-electron chi connectivity index (χ4n) is 3.09. The van der Waals surface area contributed by atoms with Crippen molar-refractivity contribution in [3.8, 4) is 5.75 Å². The van der Waals surface area contributed by atoms with Crippen molar-refractivity contribution in [1.82, 2.24) is 4.90 Å². The molecular formula is C18H19F2NO. The van der Waals surface area contributed by atoms with Gasteiger partial charge in [0.2, 0.25) is 0 Å². The van der Waals surface area contributed by atoms with Gasteiger partial charge in [-0.2, -0.15) is 0 Å². The molecule has 3 rings (SSSR count). The molecule has 1 heterocycles. The molecular weight excluding hydrogens is 284 g/mol. The number of benzene rings is 2. The summed E-state index contributed by atoms with van der Waals surface area (Å²) in [5.74, 6) is -0.733. The van der Waals surface area contributed by atoms with Gasteiger partial charge in [-0.25, -0.2) is 8.78 Å². The third kappa shape index (κ3) is 3.12. The molecule has 2 nitrogen and oxygen atoms in total. The van der Waals surface area contributed by atoms with Crippen LogP contribution in [0.2, 0.25) is 0 Å². The van der Waals surface area contributed by atoms with E-state index in [0.717, 1.165) is 30.7 Å². The van der Waals surface area contributed by atoms with E-state index in [1.54, 1.807) is 13.2 Å². The van der Waals surface area contributed by atoms with E-state index in [1.165, 1.54) is 17.7 Å². The summed E-state index contributed by atoms with van der Waals surface area (Å²) < 4.78 is 31.6. The van der Waals surface area contributed by atoms with Gasteiger partial charge in [-0.1, -0.05) is 18.2 Å². The summed E-state index contributed by atoms with van der Waals surface area (Å²) in [7, 11) is 1.65. The number of likely N-dealkylation sites (tertiary alicyclic amines) is 1. The maximum Gasteiger partial charge on any atom is 0.159 e. The Morgan fingerprint density at radius 1 is 1.09 bits per heavy atom. The van der Waals surface area contributed by atoms with Crippen molar-refractivity contribution in [2.45, 2.75) is 25.4 Å². The number of hydrogen-bond donors (Lipinski definition) is 0. The highest BCUT2D eigenvalue weighted by molar-refractivity contribution is 5.30. The first-order valence-electron chi connectivity index (χ1n) is 7.49. The van der Waals surface area contributed by atoms with Gasteiger partial charge in [-0.05, 0) is 54.8 Å². The summed E-state index contributed by atoms with van der Waals surface area (Å²) in [6.07, 6.45) is 2.19. The second kappa shape index (κ2) is 6.44. The molecule has 0 amide bonds. The molecule has 0 N–H and O–H groups in total. The van der Waals surface area contributed by atoms with Crippen molar-refractivity contribution in [2.24, 2.45) is 0 Å². The predicted molar refractivity (Wildman–Crippen MR) is 81.7 cm³/mol. The van der Waals surface area contributed by atoms with Crippen molar-refractivity contribution in [1.29, 1.82) is 0 Å². The molecule has 0 spiro atoms. The number of rotatable bonds is 4. The van der Waals surface area contributed by atoms with E-state index in [0.29, 0.717) is 12.6 Å². The molecule has 2 aromatic rings. The molecule has 0 bridgehead atoms. The number of halogens is 2. The zero-order chi connectivity index (χ0) is 15.5. The van der Waals surface area contributed by atoms with Crippen LogP contribution in [0.5, 0.6) is 5.75 Å². The lowest BCUT2D eigenvalue weighted by atomic mass is 10.0. The van der Waals surface area contributed by atoms with Crippen LogP contribution in [-0.2, 0) is 6.54 Å². The Hall–Kier alpha value is -1.94. The first-order chi connectivity index (χ1) is 10.7. The predicted octanol–water partition coefficient (Wildman–Crippen LogP) is 4.31. The number of ether oxygens (including phenoxy) is 1. The van der Waals surface area contributed by atoms with Gasteiger partial charge in [0.05, 0.1) is 7.11 Å². The highest BCUT2D eigenvalue weighted by atomic mass is 19.2. The van der Waals surface area contributed by atoms with Gasteiger partial charge in [-0.3, -0.25) is 4.90 Å². The first kappa shape index (κ1) is 15.0. The minimum atomic E-state index is -0.795. The van der Waals surface area contributed by atoms with Crippen molar-refractivity contribution >= 4 is 0 Å². The van der Waals surface area contributed by atoms with E-state index in [-0.39, 0.29) is 0 Å². The van der Waals surface area contributed by atoms with E-state index in [2.05, 4.69) is 17.0 Å². The monoisotopic (exact) mass is 303 g/mol. The molecule has 1 fully saturated rings. The smallest absolute Gasteiger partial charge is 0.159 e. The van der Waals surface area contributed by atoms with Crippen LogP contribution in [0.3, 0.4) is 0 Å². The lowest BCUT2D eigenvalue weighted by Gasteiger charge is -2.25. The Morgan fingerprint density at radius 2 is 1.86 bits per heavy atom. The van der Waals surface area contributed by atoms with Crippen LogP contribution in [0.25, 0.3) is 0 Å². The largest absolute Gasteiger partial charge is 0.497 e. The van der Waals surface area contributed by atoms with Crippen molar-refractivity contribution in [2.75, 3.05) is 13.7 Å². The van der Waals surface area contributed by atoms with Gasteiger partial charge in [0.25, 0.3) is 0 Å². The van der Waals surface area contributed by atoms with Gasteiger partial charge in [0.15, 0.2) is 11.6 Å². The molecule has 1 saturated heterocycles. The highest BCUT2D eigenvalue weighted by Crippen LogP contribution is 2.34. The molecule has 1 aliphatic heterocycles. The number of nitrogens with zero attached hydrogens (tertiary/aromatic N) is 1. The van der Waals surface area contributed by atoms with Gasteiger partial charge in [0, 0.05) is 12.6 Å². The average Bonchev–Trinajstić information content (AvgIpc) is 2.99. The number of methoxy groups -OCH3 is 1. The van der Waals surface area contributed by atoms with Crippen LogP contribution >= 0.6 is 0 Å². The van der Waals surface area contributed by atoms with E-state index in [1.807, 2.05) is 12.1 Å². The third-order valence-electron chi connectivity index (χ3n) is 4.23. The van der Waals surface area contributed by atoms with Crippen LogP contribution in [0, 0.1) is 11.6 Å². The Kier molecular flexibility index (Phi) is 4.39. The Bertz CT molecular complexity index is 642. The minimum absolute atomic E-state index is 0.319. The zero-order valence-electron chi connectivity index (χ0n) is 12.6. The van der Waals surface area contributed by atoms with E-state index in [9.17, 15) is 8.78 Å². The molecule has 0 unspecified atom stereocenters. The average molecular weight is 303 g/mol. The molecule has 1 atom stereocenters. The Labute approximate surface area is 129 Å². The highest BCUT2D eigenvalue weighted by Gasteiger charge is 2.26. The van der Waals surface area contributed by atoms with Crippen molar-refractivity contribution < 1.29 is 13.5 Å². The van der Waals surface area contributed by atoms with Crippen LogP contribution in [-0.4, -0.2) is 18.6 Å². The van der Waals surface area contributed by atoms with Crippen molar-refractivity contribution in [3.05, 3.63) is 65.2 Å². The van der Waals surface area contributed by atoms with E-state index < -0.39 is 11.6 Å². The van der Waals surface area contributed by atoms with Crippen LogP contribution < -0.4 is 4.74 Å². The maximum absolute atomic E-state index is 13.3. The Morgan fingerprint density at radius 3 is 2.55 bits per heavy atom. The molecule has 0 aromatic heterocycles. The van der Waals surface area contributed by atoms with Gasteiger partial charge < -0.3 is 4.74 Å². The van der Waals surface area contributed by atoms with Gasteiger partial charge in [-0.15, -0.1) is 0 Å². The fourth-order valence-corrected chi connectivity index (χ4v) is 3.09. The molecule has 116 valence electrons. The summed E-state index contributed by atoms with van der Waals surface area (Å²) in [6.45, 7) is 1.60. The molecule has 1 aliphatic rings. The molecule has 0 radical (unpaired) electrons. The fraction of sp³-hybridized carbons (Fsp3) is 0.333.